The van der Waals surface area contributed by atoms with Crippen LogP contribution in [0.25, 0.3) is 0 Å². The molecule has 1 fully saturated rings. The summed E-state index contributed by atoms with van der Waals surface area (Å²) >= 11 is 2.02. The lowest BCUT2D eigenvalue weighted by Crippen LogP contribution is -2.37. The van der Waals surface area contributed by atoms with Crippen molar-refractivity contribution < 1.29 is 0 Å². The van der Waals surface area contributed by atoms with Gasteiger partial charge in [-0.3, -0.25) is 0 Å². The van der Waals surface area contributed by atoms with Crippen molar-refractivity contribution in [1.82, 2.24) is 4.98 Å². The van der Waals surface area contributed by atoms with E-state index in [9.17, 15) is 0 Å². The zero-order chi connectivity index (χ0) is 9.97. The van der Waals surface area contributed by atoms with Gasteiger partial charge in [-0.2, -0.15) is 11.8 Å². The molecule has 1 aromatic rings. The third-order valence-electron chi connectivity index (χ3n) is 2.40. The van der Waals surface area contributed by atoms with Crippen molar-refractivity contribution >= 4 is 23.3 Å². The summed E-state index contributed by atoms with van der Waals surface area (Å²) in [5, 5.41) is 0.684. The molecule has 0 saturated carbocycles. The number of nitrogens with two attached hydrogens (primary N) is 1. The van der Waals surface area contributed by atoms with Crippen molar-refractivity contribution in [2.75, 3.05) is 29.5 Å². The molecule has 0 amide bonds. The molecule has 0 spiro atoms. The van der Waals surface area contributed by atoms with Crippen molar-refractivity contribution in [2.24, 2.45) is 0 Å². The van der Waals surface area contributed by atoms with Gasteiger partial charge in [-0.05, 0) is 12.1 Å². The Morgan fingerprint density at radius 3 is 3.21 bits per heavy atom. The summed E-state index contributed by atoms with van der Waals surface area (Å²) in [5.41, 5.74) is 6.92. The first-order valence-electron chi connectivity index (χ1n) is 4.84. The maximum Gasteiger partial charge on any atom is 0.146 e. The van der Waals surface area contributed by atoms with Crippen LogP contribution in [0.2, 0.25) is 0 Å². The lowest BCUT2D eigenvalue weighted by atomic mass is 10.3. The number of nitrogens with zero attached hydrogens (tertiary/aromatic N) is 2. The standard InChI is InChI=1S/C10H15N3S/c1-8-7-13(5-6-14-8)9-3-2-4-12-10(9)11/h2-4,8H,5-7H2,1H3,(H2,11,12). The van der Waals surface area contributed by atoms with Crippen LogP contribution in [0.4, 0.5) is 11.5 Å². The predicted octanol–water partition coefficient (Wildman–Crippen LogP) is 1.61. The average molecular weight is 209 g/mol. The van der Waals surface area contributed by atoms with Gasteiger partial charge in [0.1, 0.15) is 5.82 Å². The van der Waals surface area contributed by atoms with Crippen molar-refractivity contribution in [3.05, 3.63) is 18.3 Å². The average Bonchev–Trinajstić information content (AvgIpc) is 2.18. The highest BCUT2D eigenvalue weighted by Crippen LogP contribution is 2.26. The molecule has 2 N–H and O–H groups in total. The highest BCUT2D eigenvalue weighted by atomic mass is 32.2. The molecule has 4 heteroatoms. The molecule has 0 bridgehead atoms. The van der Waals surface area contributed by atoms with Crippen LogP contribution >= 0.6 is 11.8 Å². The zero-order valence-electron chi connectivity index (χ0n) is 8.31. The molecule has 1 aliphatic heterocycles. The van der Waals surface area contributed by atoms with Gasteiger partial charge in [-0.1, -0.05) is 6.92 Å². The minimum atomic E-state index is 0.645. The quantitative estimate of drug-likeness (QED) is 0.763. The molecule has 3 nitrogen and oxygen atoms in total. The molecule has 76 valence electrons. The molecule has 14 heavy (non-hydrogen) atoms. The molecule has 0 aliphatic carbocycles. The Kier molecular flexibility index (Phi) is 2.82. The highest BCUT2D eigenvalue weighted by Gasteiger charge is 2.18. The van der Waals surface area contributed by atoms with Crippen LogP contribution in [0.1, 0.15) is 6.92 Å². The lowest BCUT2D eigenvalue weighted by Gasteiger charge is -2.32. The van der Waals surface area contributed by atoms with Crippen LogP contribution in [-0.4, -0.2) is 29.1 Å². The van der Waals surface area contributed by atoms with Crippen LogP contribution in [-0.2, 0) is 0 Å². The second-order valence-electron chi connectivity index (χ2n) is 3.54. The number of rotatable bonds is 1. The van der Waals surface area contributed by atoms with Gasteiger partial charge < -0.3 is 10.6 Å². The van der Waals surface area contributed by atoms with E-state index >= 15 is 0 Å². The number of hydrogen-bond donors (Lipinski definition) is 1. The topological polar surface area (TPSA) is 42.2 Å². The van der Waals surface area contributed by atoms with Gasteiger partial charge in [0.25, 0.3) is 0 Å². The smallest absolute Gasteiger partial charge is 0.146 e. The summed E-state index contributed by atoms with van der Waals surface area (Å²) in [5.74, 6) is 1.82. The molecule has 1 unspecified atom stereocenters. The van der Waals surface area contributed by atoms with Gasteiger partial charge >= 0.3 is 0 Å². The Balaban J connectivity index is 2.18. The van der Waals surface area contributed by atoms with E-state index in [2.05, 4.69) is 16.8 Å². The van der Waals surface area contributed by atoms with Crippen LogP contribution in [0.15, 0.2) is 18.3 Å². The van der Waals surface area contributed by atoms with Crippen LogP contribution < -0.4 is 10.6 Å². The summed E-state index contributed by atoms with van der Waals surface area (Å²) in [6.07, 6.45) is 1.74. The number of anilines is 2. The van der Waals surface area contributed by atoms with E-state index in [-0.39, 0.29) is 0 Å². The molecule has 1 aliphatic rings. The van der Waals surface area contributed by atoms with E-state index in [1.165, 1.54) is 5.75 Å². The van der Waals surface area contributed by atoms with Crippen LogP contribution in [0, 0.1) is 0 Å². The molecule has 1 atom stereocenters. The van der Waals surface area contributed by atoms with Crippen molar-refractivity contribution in [1.29, 1.82) is 0 Å². The van der Waals surface area contributed by atoms with Crippen molar-refractivity contribution in [2.45, 2.75) is 12.2 Å². The summed E-state index contributed by atoms with van der Waals surface area (Å²) < 4.78 is 0. The molecule has 0 aromatic carbocycles. The van der Waals surface area contributed by atoms with Crippen LogP contribution in [0.3, 0.4) is 0 Å². The van der Waals surface area contributed by atoms with E-state index in [1.54, 1.807) is 6.20 Å². The Morgan fingerprint density at radius 2 is 2.50 bits per heavy atom. The maximum atomic E-state index is 5.84. The largest absolute Gasteiger partial charge is 0.382 e. The molecular formula is C10H15N3S. The second-order valence-corrected chi connectivity index (χ2v) is 5.08. The molecule has 1 aromatic heterocycles. The first-order valence-corrected chi connectivity index (χ1v) is 5.89. The maximum absolute atomic E-state index is 5.84. The normalized spacial score (nSPS) is 22.4. The monoisotopic (exact) mass is 209 g/mol. The molecule has 0 radical (unpaired) electrons. The third-order valence-corrected chi connectivity index (χ3v) is 3.53. The number of nitrogen functional groups attached to an aromatic ring is 1. The minimum Gasteiger partial charge on any atom is -0.382 e. The fraction of sp³-hybridized carbons (Fsp3) is 0.500. The van der Waals surface area contributed by atoms with E-state index in [0.29, 0.717) is 11.1 Å². The first kappa shape index (κ1) is 9.65. The number of aromatic nitrogens is 1. The van der Waals surface area contributed by atoms with Gasteiger partial charge in [0.2, 0.25) is 0 Å². The lowest BCUT2D eigenvalue weighted by molar-refractivity contribution is 0.782. The van der Waals surface area contributed by atoms with Gasteiger partial charge in [-0.15, -0.1) is 0 Å². The summed E-state index contributed by atoms with van der Waals surface area (Å²) in [6, 6.07) is 3.99. The van der Waals surface area contributed by atoms with Crippen LogP contribution in [0.5, 0.6) is 0 Å². The molecular weight excluding hydrogens is 194 g/mol. The van der Waals surface area contributed by atoms with E-state index < -0.39 is 0 Å². The molecule has 1 saturated heterocycles. The zero-order valence-corrected chi connectivity index (χ0v) is 9.13. The Morgan fingerprint density at radius 1 is 1.64 bits per heavy atom. The first-order chi connectivity index (χ1) is 6.77. The highest BCUT2D eigenvalue weighted by molar-refractivity contribution is 8.00. The molecule has 2 heterocycles. The van der Waals surface area contributed by atoms with Gasteiger partial charge in [0, 0.05) is 30.3 Å². The Hall–Kier alpha value is -0.900. The second kappa shape index (κ2) is 4.09. The minimum absolute atomic E-state index is 0.645. The fourth-order valence-corrected chi connectivity index (χ4v) is 2.73. The molecule has 2 rings (SSSR count). The number of thioether (sulfide) groups is 1. The Bertz CT molecular complexity index is 316. The SMILES string of the molecule is CC1CN(c2cccnc2N)CCS1. The predicted molar refractivity (Wildman–Crippen MR) is 62.8 cm³/mol. The van der Waals surface area contributed by atoms with E-state index in [0.717, 1.165) is 18.8 Å². The van der Waals surface area contributed by atoms with E-state index in [4.69, 9.17) is 5.73 Å². The van der Waals surface area contributed by atoms with Gasteiger partial charge in [-0.25, -0.2) is 4.98 Å². The summed E-state index contributed by atoms with van der Waals surface area (Å²) in [6.45, 7) is 4.40. The van der Waals surface area contributed by atoms with Gasteiger partial charge in [0.15, 0.2) is 0 Å². The summed E-state index contributed by atoms with van der Waals surface area (Å²) in [7, 11) is 0. The third kappa shape index (κ3) is 1.95. The Labute approximate surface area is 88.7 Å². The summed E-state index contributed by atoms with van der Waals surface area (Å²) in [4.78, 5) is 6.43. The van der Waals surface area contributed by atoms with Crippen molar-refractivity contribution in [3.63, 3.8) is 0 Å². The number of hydrogen-bond acceptors (Lipinski definition) is 4. The van der Waals surface area contributed by atoms with E-state index in [1.807, 2.05) is 23.9 Å². The van der Waals surface area contributed by atoms with Gasteiger partial charge in [0.05, 0.1) is 5.69 Å². The number of pyridine rings is 1. The van der Waals surface area contributed by atoms with Crippen molar-refractivity contribution in [3.8, 4) is 0 Å². The fourth-order valence-electron chi connectivity index (χ4n) is 1.71.